The molecule has 1 rings (SSSR count). The Balaban J connectivity index is 2.50. The summed E-state index contributed by atoms with van der Waals surface area (Å²) in [4.78, 5) is 10.8. The lowest BCUT2D eigenvalue weighted by atomic mass is 10.2. The van der Waals surface area contributed by atoms with Crippen molar-refractivity contribution in [2.24, 2.45) is 0 Å². The fourth-order valence-electron chi connectivity index (χ4n) is 0.893. The van der Waals surface area contributed by atoms with Crippen molar-refractivity contribution in [1.82, 2.24) is 5.32 Å². The molecular weight excluding hydrogens is 189 g/mol. The predicted molar refractivity (Wildman–Crippen MR) is 52.2 cm³/mol. The van der Waals surface area contributed by atoms with Gasteiger partial charge < -0.3 is 5.32 Å². The average Bonchev–Trinajstić information content (AvgIpc) is 2.14. The first-order chi connectivity index (χ1) is 6.22. The molecule has 0 aliphatic carbocycles. The van der Waals surface area contributed by atoms with Crippen LogP contribution in [-0.4, -0.2) is 11.5 Å². The third-order valence-electron chi connectivity index (χ3n) is 1.51. The Morgan fingerprint density at radius 3 is 3.00 bits per heavy atom. The molecule has 0 saturated heterocycles. The predicted octanol–water partition coefficient (Wildman–Crippen LogP) is 2.40. The minimum atomic E-state index is -0.282. The van der Waals surface area contributed by atoms with Crippen LogP contribution in [0.2, 0.25) is 0 Å². The molecule has 13 heavy (non-hydrogen) atoms. The van der Waals surface area contributed by atoms with Gasteiger partial charge >= 0.3 is 0 Å². The summed E-state index contributed by atoms with van der Waals surface area (Å²) < 4.78 is 12.7. The van der Waals surface area contributed by atoms with Gasteiger partial charge in [0.1, 0.15) is 5.82 Å². The average molecular weight is 199 g/mol. The fraction of sp³-hybridized carbons (Fsp3) is 0.222. The molecule has 70 valence electrons. The van der Waals surface area contributed by atoms with Crippen LogP contribution in [0.3, 0.4) is 0 Å². The molecule has 0 radical (unpaired) electrons. The lowest BCUT2D eigenvalue weighted by Crippen LogP contribution is -2.17. The third kappa shape index (κ3) is 3.46. The van der Waals surface area contributed by atoms with Crippen molar-refractivity contribution in [3.8, 4) is 0 Å². The van der Waals surface area contributed by atoms with E-state index in [1.165, 1.54) is 12.1 Å². The van der Waals surface area contributed by atoms with Gasteiger partial charge in [0.25, 0.3) is 5.24 Å². The number of nitrogens with one attached hydrogen (secondary N) is 1. The Kier molecular flexibility index (Phi) is 3.76. The fourth-order valence-corrected chi connectivity index (χ4v) is 1.11. The molecule has 4 heteroatoms. The van der Waals surface area contributed by atoms with Crippen molar-refractivity contribution in [2.75, 3.05) is 6.26 Å². The van der Waals surface area contributed by atoms with Crippen LogP contribution in [0.5, 0.6) is 0 Å². The number of thioether (sulfide) groups is 1. The Morgan fingerprint density at radius 2 is 2.38 bits per heavy atom. The van der Waals surface area contributed by atoms with Gasteiger partial charge in [-0.1, -0.05) is 23.9 Å². The summed E-state index contributed by atoms with van der Waals surface area (Å²) >= 11 is 1.10. The van der Waals surface area contributed by atoms with Gasteiger partial charge in [0.15, 0.2) is 0 Å². The van der Waals surface area contributed by atoms with E-state index in [2.05, 4.69) is 5.32 Å². The number of amides is 1. The zero-order chi connectivity index (χ0) is 9.68. The minimum absolute atomic E-state index is 0.107. The first kappa shape index (κ1) is 10.1. The second-order valence-electron chi connectivity index (χ2n) is 2.48. The topological polar surface area (TPSA) is 29.1 Å². The molecule has 0 saturated carbocycles. The molecule has 0 bridgehead atoms. The summed E-state index contributed by atoms with van der Waals surface area (Å²) in [7, 11) is 0. The van der Waals surface area contributed by atoms with E-state index in [0.29, 0.717) is 6.54 Å². The number of benzene rings is 1. The van der Waals surface area contributed by atoms with Gasteiger partial charge in [-0.25, -0.2) is 4.39 Å². The standard InChI is InChI=1S/C9H10FNOS/c1-13-9(12)11-6-7-3-2-4-8(10)5-7/h2-5H,6H2,1H3,(H,11,12). The van der Waals surface area contributed by atoms with Crippen LogP contribution < -0.4 is 5.32 Å². The Morgan fingerprint density at radius 1 is 1.62 bits per heavy atom. The molecule has 0 aliphatic heterocycles. The normalized spacial score (nSPS) is 9.69. The van der Waals surface area contributed by atoms with Crippen molar-refractivity contribution >= 4 is 17.0 Å². The van der Waals surface area contributed by atoms with Crippen molar-refractivity contribution in [3.63, 3.8) is 0 Å². The zero-order valence-corrected chi connectivity index (χ0v) is 8.03. The van der Waals surface area contributed by atoms with Crippen LogP contribution in [-0.2, 0) is 6.54 Å². The van der Waals surface area contributed by atoms with Crippen LogP contribution in [0.1, 0.15) is 5.56 Å². The number of hydrogen-bond donors (Lipinski definition) is 1. The minimum Gasteiger partial charge on any atom is -0.343 e. The molecule has 0 spiro atoms. The maximum atomic E-state index is 12.7. The van der Waals surface area contributed by atoms with Gasteiger partial charge in [-0.3, -0.25) is 4.79 Å². The Bertz CT molecular complexity index is 303. The summed E-state index contributed by atoms with van der Waals surface area (Å²) in [5.74, 6) is -0.282. The molecule has 0 aromatic heterocycles. The van der Waals surface area contributed by atoms with Gasteiger partial charge in [-0.15, -0.1) is 0 Å². The molecule has 1 N–H and O–H groups in total. The first-order valence-corrected chi connectivity index (χ1v) is 5.01. The molecule has 0 aliphatic rings. The number of rotatable bonds is 2. The molecule has 0 heterocycles. The van der Waals surface area contributed by atoms with E-state index in [1.54, 1.807) is 18.4 Å². The zero-order valence-electron chi connectivity index (χ0n) is 7.21. The van der Waals surface area contributed by atoms with Crippen LogP contribution in [0.4, 0.5) is 9.18 Å². The summed E-state index contributed by atoms with van der Waals surface area (Å²) in [5, 5.41) is 2.53. The molecule has 2 nitrogen and oxygen atoms in total. The van der Waals surface area contributed by atoms with E-state index < -0.39 is 0 Å². The van der Waals surface area contributed by atoms with Crippen LogP contribution in [0, 0.1) is 5.82 Å². The van der Waals surface area contributed by atoms with Gasteiger partial charge in [-0.05, 0) is 24.0 Å². The first-order valence-electron chi connectivity index (χ1n) is 3.78. The molecule has 0 unspecified atom stereocenters. The second-order valence-corrected chi connectivity index (χ2v) is 3.25. The van der Waals surface area contributed by atoms with Crippen LogP contribution in [0.25, 0.3) is 0 Å². The van der Waals surface area contributed by atoms with E-state index in [1.807, 2.05) is 0 Å². The smallest absolute Gasteiger partial charge is 0.279 e. The monoisotopic (exact) mass is 199 g/mol. The van der Waals surface area contributed by atoms with Gasteiger partial charge in [-0.2, -0.15) is 0 Å². The summed E-state index contributed by atoms with van der Waals surface area (Å²) in [6.07, 6.45) is 1.70. The second kappa shape index (κ2) is 4.87. The van der Waals surface area contributed by atoms with Crippen LogP contribution in [0.15, 0.2) is 24.3 Å². The maximum Gasteiger partial charge on any atom is 0.279 e. The highest BCUT2D eigenvalue weighted by atomic mass is 32.2. The summed E-state index contributed by atoms with van der Waals surface area (Å²) in [6, 6.07) is 6.17. The van der Waals surface area contributed by atoms with E-state index in [9.17, 15) is 9.18 Å². The van der Waals surface area contributed by atoms with E-state index >= 15 is 0 Å². The lowest BCUT2D eigenvalue weighted by Gasteiger charge is -2.02. The molecule has 1 amide bonds. The summed E-state index contributed by atoms with van der Waals surface area (Å²) in [5.41, 5.74) is 0.766. The third-order valence-corrected chi connectivity index (χ3v) is 2.03. The van der Waals surface area contributed by atoms with E-state index in [4.69, 9.17) is 0 Å². The maximum absolute atomic E-state index is 12.7. The Hall–Kier alpha value is -1.03. The molecule has 1 aromatic rings. The number of hydrogen-bond acceptors (Lipinski definition) is 2. The van der Waals surface area contributed by atoms with Crippen molar-refractivity contribution < 1.29 is 9.18 Å². The summed E-state index contributed by atoms with van der Waals surface area (Å²) in [6.45, 7) is 0.372. The highest BCUT2D eigenvalue weighted by Gasteiger charge is 1.98. The van der Waals surface area contributed by atoms with Gasteiger partial charge in [0, 0.05) is 6.54 Å². The number of halogens is 1. The van der Waals surface area contributed by atoms with E-state index in [-0.39, 0.29) is 11.1 Å². The van der Waals surface area contributed by atoms with E-state index in [0.717, 1.165) is 17.3 Å². The lowest BCUT2D eigenvalue weighted by molar-refractivity contribution is 0.260. The Labute approximate surface area is 80.5 Å². The molecule has 0 fully saturated rings. The van der Waals surface area contributed by atoms with Crippen LogP contribution >= 0.6 is 11.8 Å². The van der Waals surface area contributed by atoms with Crippen molar-refractivity contribution in [3.05, 3.63) is 35.6 Å². The molecule has 0 atom stereocenters. The number of carbonyl (C=O) groups excluding carboxylic acids is 1. The van der Waals surface area contributed by atoms with Crippen molar-refractivity contribution in [2.45, 2.75) is 6.54 Å². The molecule has 1 aromatic carbocycles. The highest BCUT2D eigenvalue weighted by molar-refractivity contribution is 8.12. The number of carbonyl (C=O) groups is 1. The highest BCUT2D eigenvalue weighted by Crippen LogP contribution is 2.03. The SMILES string of the molecule is CSC(=O)NCc1cccc(F)c1. The van der Waals surface area contributed by atoms with Gasteiger partial charge in [0.05, 0.1) is 0 Å². The van der Waals surface area contributed by atoms with Crippen molar-refractivity contribution in [1.29, 1.82) is 0 Å². The molecular formula is C9H10FNOS. The van der Waals surface area contributed by atoms with Gasteiger partial charge in [0.2, 0.25) is 0 Å². The quantitative estimate of drug-likeness (QED) is 0.792. The largest absolute Gasteiger partial charge is 0.343 e.